The van der Waals surface area contributed by atoms with Gasteiger partial charge >= 0.3 is 5.97 Å². The molecule has 1 fully saturated rings. The number of nitrogens with zero attached hydrogens (tertiary/aromatic N) is 1. The number of nitrogens with one attached hydrogen (secondary N) is 1. The smallest absolute Gasteiger partial charge is 0.361 e. The van der Waals surface area contributed by atoms with Crippen molar-refractivity contribution in [1.82, 2.24) is 0 Å². The lowest BCUT2D eigenvalue weighted by atomic mass is 9.97. The average Bonchev–Trinajstić information content (AvgIpc) is 2.50. The fraction of sp³-hybridized carbons (Fsp3) is 0.556. The van der Waals surface area contributed by atoms with Crippen LogP contribution in [0.3, 0.4) is 0 Å². The van der Waals surface area contributed by atoms with Gasteiger partial charge in [-0.05, 0) is 37.8 Å². The molecule has 5 nitrogen and oxygen atoms in total. The van der Waals surface area contributed by atoms with Gasteiger partial charge in [0.2, 0.25) is 0 Å². The highest BCUT2D eigenvalue weighted by Gasteiger charge is 2.42. The molecule has 1 aliphatic heterocycles. The van der Waals surface area contributed by atoms with Crippen molar-refractivity contribution >= 4 is 17.6 Å². The Morgan fingerprint density at radius 2 is 1.91 bits per heavy atom. The van der Waals surface area contributed by atoms with Crippen molar-refractivity contribution in [3.63, 3.8) is 0 Å². The van der Waals surface area contributed by atoms with E-state index in [9.17, 15) is 9.59 Å². The summed E-state index contributed by atoms with van der Waals surface area (Å²) in [6, 6.07) is 5.75. The highest BCUT2D eigenvalue weighted by Crippen LogP contribution is 2.27. The number of carbonyl (C=O) groups is 2. The quantitative estimate of drug-likeness (QED) is 0.685. The van der Waals surface area contributed by atoms with Gasteiger partial charge in [-0.15, -0.1) is 0 Å². The van der Waals surface area contributed by atoms with Gasteiger partial charge in [-0.3, -0.25) is 4.79 Å². The Labute approximate surface area is 138 Å². The minimum absolute atomic E-state index is 0.00602. The number of esters is 1. The van der Waals surface area contributed by atoms with Crippen LogP contribution in [-0.2, 0) is 14.3 Å². The fourth-order valence-electron chi connectivity index (χ4n) is 3.46. The molecule has 2 rings (SSSR count). The molecule has 2 atom stereocenters. The van der Waals surface area contributed by atoms with Crippen LogP contribution >= 0.6 is 0 Å². The van der Waals surface area contributed by atoms with Crippen molar-refractivity contribution < 1.29 is 18.8 Å². The lowest BCUT2D eigenvalue weighted by Gasteiger charge is -2.42. The van der Waals surface area contributed by atoms with E-state index in [1.807, 2.05) is 39.1 Å². The third kappa shape index (κ3) is 3.91. The summed E-state index contributed by atoms with van der Waals surface area (Å²) in [5.74, 6) is -0.271. The number of quaternary nitrogens is 1. The van der Waals surface area contributed by atoms with E-state index in [-0.39, 0.29) is 24.5 Å². The van der Waals surface area contributed by atoms with E-state index in [4.69, 9.17) is 4.74 Å². The van der Waals surface area contributed by atoms with Crippen LogP contribution in [0.25, 0.3) is 0 Å². The van der Waals surface area contributed by atoms with Gasteiger partial charge in [-0.2, -0.15) is 0 Å². The van der Waals surface area contributed by atoms with Gasteiger partial charge in [0, 0.05) is 12.1 Å². The summed E-state index contributed by atoms with van der Waals surface area (Å²) in [5, 5.41) is 3.09. The van der Waals surface area contributed by atoms with Crippen molar-refractivity contribution in [1.29, 1.82) is 0 Å². The van der Waals surface area contributed by atoms with Crippen molar-refractivity contribution in [3.05, 3.63) is 29.3 Å². The van der Waals surface area contributed by atoms with Crippen molar-refractivity contribution in [3.8, 4) is 0 Å². The molecule has 1 unspecified atom stereocenters. The largest absolute Gasteiger partial charge is 0.465 e. The topological polar surface area (TPSA) is 55.4 Å². The minimum Gasteiger partial charge on any atom is -0.465 e. The van der Waals surface area contributed by atoms with Gasteiger partial charge in [0.25, 0.3) is 5.91 Å². The summed E-state index contributed by atoms with van der Waals surface area (Å²) in [7, 11) is 3.37. The number of hydrogen-bond donors (Lipinski definition) is 1. The molecule has 1 N–H and O–H groups in total. The molecule has 0 aliphatic carbocycles. The average molecular weight is 319 g/mol. The number of benzene rings is 1. The molecule has 1 aliphatic rings. The molecule has 0 radical (unpaired) electrons. The van der Waals surface area contributed by atoms with E-state index in [1.165, 1.54) is 7.11 Å². The number of para-hydroxylation sites is 1. The molecule has 1 aromatic carbocycles. The number of piperidine rings is 1. The second kappa shape index (κ2) is 7.13. The molecule has 1 heterocycles. The first-order valence-corrected chi connectivity index (χ1v) is 8.15. The van der Waals surface area contributed by atoms with Gasteiger partial charge in [0.05, 0.1) is 20.7 Å². The van der Waals surface area contributed by atoms with Crippen molar-refractivity contribution in [2.45, 2.75) is 39.2 Å². The minimum atomic E-state index is -0.265. The molecule has 23 heavy (non-hydrogen) atoms. The number of anilines is 1. The highest BCUT2D eigenvalue weighted by molar-refractivity contribution is 5.95. The van der Waals surface area contributed by atoms with Crippen LogP contribution in [-0.4, -0.2) is 49.6 Å². The maximum atomic E-state index is 12.9. The van der Waals surface area contributed by atoms with E-state index < -0.39 is 0 Å². The number of aryl methyl sites for hydroxylation is 2. The zero-order chi connectivity index (χ0) is 17.0. The van der Waals surface area contributed by atoms with Crippen LogP contribution in [0.2, 0.25) is 0 Å². The summed E-state index contributed by atoms with van der Waals surface area (Å²) in [5.41, 5.74) is 2.99. The number of methoxy groups -OCH3 is 1. The van der Waals surface area contributed by atoms with Crippen LogP contribution in [0.4, 0.5) is 5.69 Å². The molecule has 5 heteroatoms. The number of hydrogen-bond acceptors (Lipinski definition) is 3. The third-order valence-electron chi connectivity index (χ3n) is 4.90. The maximum Gasteiger partial charge on any atom is 0.361 e. The fourth-order valence-corrected chi connectivity index (χ4v) is 3.46. The predicted octanol–water partition coefficient (Wildman–Crippen LogP) is 2.41. The first-order chi connectivity index (χ1) is 10.9. The molecule has 0 aromatic heterocycles. The van der Waals surface area contributed by atoms with E-state index in [1.54, 1.807) is 0 Å². The molecule has 0 spiro atoms. The molecular weight excluding hydrogens is 292 g/mol. The van der Waals surface area contributed by atoms with Gasteiger partial charge in [-0.1, -0.05) is 18.2 Å². The zero-order valence-corrected chi connectivity index (χ0v) is 14.5. The van der Waals surface area contributed by atoms with Gasteiger partial charge < -0.3 is 14.5 Å². The first kappa shape index (κ1) is 17.5. The van der Waals surface area contributed by atoms with E-state index in [0.29, 0.717) is 4.48 Å². The summed E-state index contributed by atoms with van der Waals surface area (Å²) in [6.45, 7) is 5.04. The van der Waals surface area contributed by atoms with E-state index >= 15 is 0 Å². The van der Waals surface area contributed by atoms with Crippen LogP contribution in [0.15, 0.2) is 18.2 Å². The number of ether oxygens (including phenoxy) is 1. The Morgan fingerprint density at radius 3 is 2.52 bits per heavy atom. The second-order valence-corrected chi connectivity index (χ2v) is 6.70. The summed E-state index contributed by atoms with van der Waals surface area (Å²) < 4.78 is 5.24. The van der Waals surface area contributed by atoms with E-state index in [2.05, 4.69) is 5.32 Å². The molecule has 0 bridgehead atoms. The van der Waals surface area contributed by atoms with Crippen LogP contribution in [0.5, 0.6) is 0 Å². The van der Waals surface area contributed by atoms with Crippen molar-refractivity contribution in [2.75, 3.05) is 32.6 Å². The van der Waals surface area contributed by atoms with Crippen LogP contribution in [0.1, 0.15) is 30.4 Å². The predicted molar refractivity (Wildman–Crippen MR) is 90.1 cm³/mol. The Morgan fingerprint density at radius 1 is 1.26 bits per heavy atom. The number of rotatable bonds is 4. The SMILES string of the molecule is COC(=O)C[N+]1(C)CCCC[C@H]1C(=O)Nc1c(C)cccc1C. The number of likely N-dealkylation sites (N-methyl/N-ethyl adjacent to an activating group) is 1. The zero-order valence-electron chi connectivity index (χ0n) is 14.5. The van der Waals surface area contributed by atoms with Gasteiger partial charge in [0.1, 0.15) is 0 Å². The monoisotopic (exact) mass is 319 g/mol. The summed E-state index contributed by atoms with van der Waals surface area (Å²) in [4.78, 5) is 24.6. The van der Waals surface area contributed by atoms with Gasteiger partial charge in [0.15, 0.2) is 12.6 Å². The van der Waals surface area contributed by atoms with Crippen LogP contribution in [0, 0.1) is 13.8 Å². The molecule has 1 saturated heterocycles. The first-order valence-electron chi connectivity index (χ1n) is 8.15. The standard InChI is InChI=1S/C18H26N2O3/c1-13-8-7-9-14(2)17(13)19-18(22)15-10-5-6-11-20(15,3)12-16(21)23-4/h7-9,15H,5-6,10-12H2,1-4H3/p+1/t15-,20?/m0/s1. The number of carbonyl (C=O) groups excluding carboxylic acids is 2. The second-order valence-electron chi connectivity index (χ2n) is 6.70. The summed E-state index contributed by atoms with van der Waals surface area (Å²) >= 11 is 0. The maximum absolute atomic E-state index is 12.9. The normalized spacial score (nSPS) is 24.1. The molecule has 1 aromatic rings. The lowest BCUT2D eigenvalue weighted by molar-refractivity contribution is -0.922. The summed E-state index contributed by atoms with van der Waals surface area (Å²) in [6.07, 6.45) is 2.84. The van der Waals surface area contributed by atoms with Crippen LogP contribution < -0.4 is 5.32 Å². The number of likely N-dealkylation sites (tertiary alicyclic amines) is 1. The molecule has 0 saturated carbocycles. The lowest BCUT2D eigenvalue weighted by Crippen LogP contribution is -2.61. The molecule has 126 valence electrons. The van der Waals surface area contributed by atoms with Gasteiger partial charge in [-0.25, -0.2) is 4.79 Å². The Kier molecular flexibility index (Phi) is 5.42. The molecular formula is C18H27N2O3+. The molecule has 1 amide bonds. The van der Waals surface area contributed by atoms with E-state index in [0.717, 1.165) is 42.6 Å². The highest BCUT2D eigenvalue weighted by atomic mass is 16.5. The Bertz CT molecular complexity index is 580. The Hall–Kier alpha value is -1.88. The third-order valence-corrected chi connectivity index (χ3v) is 4.90. The van der Waals surface area contributed by atoms with Crippen molar-refractivity contribution in [2.24, 2.45) is 0 Å². The number of amides is 1. The Balaban J connectivity index is 2.20.